The zero-order valence-electron chi connectivity index (χ0n) is 18.7. The number of rotatable bonds is 9. The van der Waals surface area contributed by atoms with Crippen molar-refractivity contribution in [2.45, 2.75) is 25.7 Å². The SMILES string of the molecule is COc1cc2c(Oc3ccc(C(N)=O)cc3F)ccnc2cc1OCCCN1CCCCC1. The smallest absolute Gasteiger partial charge is 0.248 e. The van der Waals surface area contributed by atoms with Gasteiger partial charge in [0.1, 0.15) is 5.75 Å². The molecule has 2 heterocycles. The fourth-order valence-corrected chi connectivity index (χ4v) is 4.00. The number of pyridine rings is 1. The van der Waals surface area contributed by atoms with Crippen molar-refractivity contribution >= 4 is 16.8 Å². The number of hydrogen-bond acceptors (Lipinski definition) is 6. The minimum absolute atomic E-state index is 0.0236. The standard InChI is InChI=1S/C25H28FN3O4/c1-31-23-15-18-20(16-24(23)32-13-5-12-29-10-3-2-4-11-29)28-9-8-21(18)33-22-7-6-17(25(27)30)14-19(22)26/h6-9,14-16H,2-5,10-13H2,1H3,(H2,27,30). The zero-order valence-corrected chi connectivity index (χ0v) is 18.7. The van der Waals surface area contributed by atoms with Crippen molar-refractivity contribution < 1.29 is 23.4 Å². The monoisotopic (exact) mass is 453 g/mol. The van der Waals surface area contributed by atoms with Crippen LogP contribution < -0.4 is 19.9 Å². The molecule has 0 radical (unpaired) electrons. The number of likely N-dealkylation sites (tertiary alicyclic amines) is 1. The topological polar surface area (TPSA) is 86.9 Å². The number of fused-ring (bicyclic) bond motifs is 1. The normalized spacial score (nSPS) is 14.2. The number of nitrogens with two attached hydrogens (primary N) is 1. The summed E-state index contributed by atoms with van der Waals surface area (Å²) in [6.45, 7) is 3.92. The Labute approximate surface area is 192 Å². The van der Waals surface area contributed by atoms with E-state index < -0.39 is 11.7 Å². The average molecular weight is 454 g/mol. The highest BCUT2D eigenvalue weighted by molar-refractivity contribution is 5.93. The summed E-state index contributed by atoms with van der Waals surface area (Å²) in [5.74, 6) is 0.137. The number of nitrogens with zero attached hydrogens (tertiary/aromatic N) is 2. The van der Waals surface area contributed by atoms with Crippen molar-refractivity contribution in [1.82, 2.24) is 9.88 Å². The first-order valence-corrected chi connectivity index (χ1v) is 11.1. The van der Waals surface area contributed by atoms with Crippen molar-refractivity contribution in [3.63, 3.8) is 0 Å². The first-order valence-electron chi connectivity index (χ1n) is 11.1. The van der Waals surface area contributed by atoms with Crippen LogP contribution in [-0.2, 0) is 0 Å². The number of carbonyl (C=O) groups is 1. The molecule has 33 heavy (non-hydrogen) atoms. The first kappa shape index (κ1) is 22.8. The van der Waals surface area contributed by atoms with E-state index in [1.54, 1.807) is 31.5 Å². The van der Waals surface area contributed by atoms with Gasteiger partial charge in [0.2, 0.25) is 5.91 Å². The number of piperidine rings is 1. The van der Waals surface area contributed by atoms with Crippen molar-refractivity contribution in [3.8, 4) is 23.0 Å². The van der Waals surface area contributed by atoms with Gasteiger partial charge < -0.3 is 24.8 Å². The molecular formula is C25H28FN3O4. The molecule has 3 aromatic rings. The van der Waals surface area contributed by atoms with Gasteiger partial charge in [0, 0.05) is 29.8 Å². The van der Waals surface area contributed by atoms with E-state index in [4.69, 9.17) is 19.9 Å². The Morgan fingerprint density at radius 1 is 1.06 bits per heavy atom. The van der Waals surface area contributed by atoms with Gasteiger partial charge in [0.05, 0.1) is 19.2 Å². The largest absolute Gasteiger partial charge is 0.493 e. The van der Waals surface area contributed by atoms with E-state index in [1.165, 1.54) is 31.4 Å². The Kier molecular flexibility index (Phi) is 7.24. The second-order valence-corrected chi connectivity index (χ2v) is 8.05. The molecule has 1 amide bonds. The Bertz CT molecular complexity index is 1130. The van der Waals surface area contributed by atoms with E-state index in [1.807, 2.05) is 0 Å². The number of hydrogen-bond donors (Lipinski definition) is 1. The molecule has 0 bridgehead atoms. The molecule has 1 aliphatic heterocycles. The number of carbonyl (C=O) groups excluding carboxylic acids is 1. The van der Waals surface area contributed by atoms with Gasteiger partial charge in [-0.3, -0.25) is 9.78 Å². The average Bonchev–Trinajstić information content (AvgIpc) is 2.83. The van der Waals surface area contributed by atoms with E-state index in [-0.39, 0.29) is 11.3 Å². The zero-order chi connectivity index (χ0) is 23.2. The van der Waals surface area contributed by atoms with Crippen molar-refractivity contribution in [3.05, 3.63) is 54.0 Å². The van der Waals surface area contributed by atoms with Gasteiger partial charge in [0.15, 0.2) is 23.1 Å². The second-order valence-electron chi connectivity index (χ2n) is 8.05. The Morgan fingerprint density at radius 2 is 1.88 bits per heavy atom. The number of amides is 1. The van der Waals surface area contributed by atoms with E-state index >= 15 is 0 Å². The summed E-state index contributed by atoms with van der Waals surface area (Å²) >= 11 is 0. The number of methoxy groups -OCH3 is 1. The third-order valence-electron chi connectivity index (χ3n) is 5.75. The van der Waals surface area contributed by atoms with Crippen molar-refractivity contribution in [2.75, 3.05) is 33.4 Å². The lowest BCUT2D eigenvalue weighted by Crippen LogP contribution is -2.31. The summed E-state index contributed by atoms with van der Waals surface area (Å²) in [7, 11) is 1.57. The summed E-state index contributed by atoms with van der Waals surface area (Å²) < 4.78 is 31.7. The molecule has 2 aromatic carbocycles. The molecule has 4 rings (SSSR count). The number of aromatic nitrogens is 1. The maximum atomic E-state index is 14.4. The molecule has 8 heteroatoms. The Hall–Kier alpha value is -3.39. The van der Waals surface area contributed by atoms with E-state index in [0.717, 1.165) is 32.1 Å². The van der Waals surface area contributed by atoms with Crippen molar-refractivity contribution in [2.24, 2.45) is 5.73 Å². The van der Waals surface area contributed by atoms with Gasteiger partial charge >= 0.3 is 0 Å². The van der Waals surface area contributed by atoms with Gasteiger partial charge in [-0.15, -0.1) is 0 Å². The summed E-state index contributed by atoms with van der Waals surface area (Å²) in [6.07, 6.45) is 6.38. The van der Waals surface area contributed by atoms with Gasteiger partial charge in [-0.2, -0.15) is 0 Å². The fourth-order valence-electron chi connectivity index (χ4n) is 4.00. The van der Waals surface area contributed by atoms with Crippen LogP contribution in [0, 0.1) is 5.82 Å². The lowest BCUT2D eigenvalue weighted by Gasteiger charge is -2.26. The third-order valence-corrected chi connectivity index (χ3v) is 5.75. The predicted molar refractivity (Wildman–Crippen MR) is 124 cm³/mol. The number of benzene rings is 2. The molecule has 0 saturated carbocycles. The molecule has 1 aliphatic rings. The Balaban J connectivity index is 1.50. The summed E-state index contributed by atoms with van der Waals surface area (Å²) in [5.41, 5.74) is 5.91. The van der Waals surface area contributed by atoms with Crippen LogP contribution in [0.3, 0.4) is 0 Å². The minimum Gasteiger partial charge on any atom is -0.493 e. The quantitative estimate of drug-likeness (QED) is 0.479. The molecule has 1 saturated heterocycles. The number of primary amides is 1. The van der Waals surface area contributed by atoms with Gasteiger partial charge in [0.25, 0.3) is 0 Å². The molecular weight excluding hydrogens is 425 g/mol. The van der Waals surface area contributed by atoms with E-state index in [2.05, 4.69) is 9.88 Å². The summed E-state index contributed by atoms with van der Waals surface area (Å²) in [6, 6.07) is 9.06. The molecule has 0 atom stereocenters. The molecule has 0 unspecified atom stereocenters. The first-order chi connectivity index (χ1) is 16.0. The third kappa shape index (κ3) is 5.51. The van der Waals surface area contributed by atoms with Crippen LogP contribution in [0.25, 0.3) is 10.9 Å². The summed E-state index contributed by atoms with van der Waals surface area (Å²) in [5, 5.41) is 0.647. The molecule has 1 aromatic heterocycles. The maximum absolute atomic E-state index is 14.4. The van der Waals surface area contributed by atoms with Gasteiger partial charge in [-0.1, -0.05) is 6.42 Å². The highest BCUT2D eigenvalue weighted by Gasteiger charge is 2.15. The molecule has 7 nitrogen and oxygen atoms in total. The van der Waals surface area contributed by atoms with Crippen LogP contribution in [0.15, 0.2) is 42.6 Å². The van der Waals surface area contributed by atoms with Crippen LogP contribution in [0.1, 0.15) is 36.0 Å². The molecule has 2 N–H and O–H groups in total. The van der Waals surface area contributed by atoms with Crippen LogP contribution in [0.5, 0.6) is 23.0 Å². The van der Waals surface area contributed by atoms with Crippen LogP contribution in [-0.4, -0.2) is 49.1 Å². The Morgan fingerprint density at radius 3 is 2.61 bits per heavy atom. The highest BCUT2D eigenvalue weighted by atomic mass is 19.1. The van der Waals surface area contributed by atoms with Crippen LogP contribution in [0.4, 0.5) is 4.39 Å². The van der Waals surface area contributed by atoms with Crippen LogP contribution in [0.2, 0.25) is 0 Å². The van der Waals surface area contributed by atoms with Gasteiger partial charge in [-0.25, -0.2) is 4.39 Å². The molecule has 0 aliphatic carbocycles. The number of ether oxygens (including phenoxy) is 3. The minimum atomic E-state index is -0.706. The summed E-state index contributed by atoms with van der Waals surface area (Å²) in [4.78, 5) is 18.1. The van der Waals surface area contributed by atoms with E-state index in [9.17, 15) is 9.18 Å². The highest BCUT2D eigenvalue weighted by Crippen LogP contribution is 2.37. The number of halogens is 1. The second kappa shape index (κ2) is 10.5. The lowest BCUT2D eigenvalue weighted by atomic mass is 10.1. The molecule has 1 fully saturated rings. The maximum Gasteiger partial charge on any atom is 0.248 e. The van der Waals surface area contributed by atoms with E-state index in [0.29, 0.717) is 34.8 Å². The molecule has 174 valence electrons. The lowest BCUT2D eigenvalue weighted by molar-refractivity contribution is 0.1000. The van der Waals surface area contributed by atoms with Crippen molar-refractivity contribution in [1.29, 1.82) is 0 Å². The predicted octanol–water partition coefficient (Wildman–Crippen LogP) is 4.53. The van der Waals surface area contributed by atoms with Gasteiger partial charge in [-0.05, 0) is 62.7 Å². The van der Waals surface area contributed by atoms with Crippen LogP contribution >= 0.6 is 0 Å². The fraction of sp³-hybridized carbons (Fsp3) is 0.360. The molecule has 0 spiro atoms.